The molecule has 1 rings (SSSR count). The van der Waals surface area contributed by atoms with Gasteiger partial charge in [-0.05, 0) is 33.0 Å². The third-order valence-electron chi connectivity index (χ3n) is 3.28. The Kier molecular flexibility index (Phi) is 13.7. The van der Waals surface area contributed by atoms with Gasteiger partial charge in [0.1, 0.15) is 11.4 Å². The molecule has 0 aliphatic heterocycles. The highest BCUT2D eigenvalue weighted by Crippen LogP contribution is 2.18. The first-order valence-electron chi connectivity index (χ1n) is 8.57. The molecule has 0 fully saturated rings. The van der Waals surface area contributed by atoms with E-state index in [9.17, 15) is 9.59 Å². The minimum atomic E-state index is -0.574. The maximum absolute atomic E-state index is 11.8. The van der Waals surface area contributed by atoms with Crippen molar-refractivity contribution < 1.29 is 24.2 Å². The lowest BCUT2D eigenvalue weighted by Crippen LogP contribution is -2.32. The van der Waals surface area contributed by atoms with Crippen molar-refractivity contribution in [3.63, 3.8) is 0 Å². The smallest absolute Gasteiger partial charge is 0.310 e. The Labute approximate surface area is 160 Å². The van der Waals surface area contributed by atoms with Crippen LogP contribution in [0.25, 0.3) is 0 Å². The summed E-state index contributed by atoms with van der Waals surface area (Å²) in [5.41, 5.74) is -0.574. The molecule has 1 atom stereocenters. The first-order valence-corrected chi connectivity index (χ1v) is 9.73. The fourth-order valence-corrected chi connectivity index (χ4v) is 2.75. The second kappa shape index (κ2) is 14.6. The number of aliphatic hydroxyl groups is 1. The fourth-order valence-electron chi connectivity index (χ4n) is 1.75. The van der Waals surface area contributed by atoms with Crippen LogP contribution in [0, 0.1) is 5.92 Å². The van der Waals surface area contributed by atoms with Gasteiger partial charge in [-0.3, -0.25) is 9.59 Å². The highest BCUT2D eigenvalue weighted by atomic mass is 32.2. The molecule has 0 spiro atoms. The summed E-state index contributed by atoms with van der Waals surface area (Å²) in [5.74, 6) is 2.06. The van der Waals surface area contributed by atoms with Crippen molar-refractivity contribution in [1.82, 2.24) is 5.32 Å². The largest absolute Gasteiger partial charge is 0.459 e. The monoisotopic (exact) mass is 385 g/mol. The van der Waals surface area contributed by atoms with Gasteiger partial charge in [0.05, 0.1) is 5.92 Å². The summed E-state index contributed by atoms with van der Waals surface area (Å²) in [4.78, 5) is 21.5. The van der Waals surface area contributed by atoms with Gasteiger partial charge in [-0.1, -0.05) is 25.1 Å². The van der Waals surface area contributed by atoms with Crippen LogP contribution in [-0.4, -0.2) is 54.9 Å². The van der Waals surface area contributed by atoms with Gasteiger partial charge in [-0.25, -0.2) is 0 Å². The summed E-state index contributed by atoms with van der Waals surface area (Å²) in [6.07, 6.45) is 0.471. The van der Waals surface area contributed by atoms with E-state index >= 15 is 0 Å². The van der Waals surface area contributed by atoms with Gasteiger partial charge in [-0.15, -0.1) is 0 Å². The van der Waals surface area contributed by atoms with Crippen LogP contribution in [0.4, 0.5) is 0 Å². The average Bonchev–Trinajstić information content (AvgIpc) is 2.60. The number of esters is 1. The zero-order valence-electron chi connectivity index (χ0n) is 16.1. The van der Waals surface area contributed by atoms with Crippen molar-refractivity contribution >= 4 is 24.2 Å². The molecule has 0 saturated heterocycles. The standard InChI is InChI=1S/C12H25NO3S.C7H6O2/c1-10(9-17-8-6-13-4)11(15)16-12(2,3)5-7-14;8-6-9-7-4-2-1-3-5-7/h10,13-14H,5-9H2,1-4H3;1-6H. The number of para-hydroxylation sites is 1. The fraction of sp³-hybridized carbons (Fsp3) is 0.579. The number of benzene rings is 1. The van der Waals surface area contributed by atoms with Crippen LogP contribution in [0.15, 0.2) is 30.3 Å². The summed E-state index contributed by atoms with van der Waals surface area (Å²) in [6.45, 7) is 6.91. The van der Waals surface area contributed by atoms with Gasteiger partial charge in [0.25, 0.3) is 6.47 Å². The lowest BCUT2D eigenvalue weighted by atomic mass is 10.1. The van der Waals surface area contributed by atoms with E-state index in [1.807, 2.05) is 33.9 Å². The van der Waals surface area contributed by atoms with Gasteiger partial charge in [0.2, 0.25) is 0 Å². The number of thioether (sulfide) groups is 1. The molecular weight excluding hydrogens is 354 g/mol. The Morgan fingerprint density at radius 3 is 2.54 bits per heavy atom. The average molecular weight is 386 g/mol. The molecule has 0 aliphatic rings. The van der Waals surface area contributed by atoms with Crippen LogP contribution >= 0.6 is 11.8 Å². The molecule has 0 aliphatic carbocycles. The Hall–Kier alpha value is -1.57. The third-order valence-corrected chi connectivity index (χ3v) is 4.51. The number of aliphatic hydroxyl groups excluding tert-OH is 1. The Morgan fingerprint density at radius 1 is 1.35 bits per heavy atom. The summed E-state index contributed by atoms with van der Waals surface area (Å²) in [5, 5.41) is 11.9. The number of carbonyl (C=O) groups excluding carboxylic acids is 2. The molecule has 0 radical (unpaired) electrons. The van der Waals surface area contributed by atoms with Gasteiger partial charge in [0, 0.05) is 31.1 Å². The van der Waals surface area contributed by atoms with Crippen LogP contribution in [0.2, 0.25) is 0 Å². The molecule has 1 aromatic rings. The SMILES string of the molecule is CNCCSCC(C)C(=O)OC(C)(C)CCO.O=COc1ccccc1. The highest BCUT2D eigenvalue weighted by Gasteiger charge is 2.25. The molecule has 1 aromatic carbocycles. The molecule has 0 heterocycles. The van der Waals surface area contributed by atoms with Crippen LogP contribution in [0.3, 0.4) is 0 Å². The predicted octanol–water partition coefficient (Wildman–Crippen LogP) is 2.50. The predicted molar refractivity (Wildman–Crippen MR) is 105 cm³/mol. The second-order valence-electron chi connectivity index (χ2n) is 6.26. The van der Waals surface area contributed by atoms with Crippen LogP contribution in [-0.2, 0) is 14.3 Å². The molecule has 148 valence electrons. The third kappa shape index (κ3) is 12.7. The van der Waals surface area contributed by atoms with Crippen molar-refractivity contribution in [3.05, 3.63) is 30.3 Å². The Morgan fingerprint density at radius 2 is 2.00 bits per heavy atom. The molecule has 1 unspecified atom stereocenters. The summed E-state index contributed by atoms with van der Waals surface area (Å²) < 4.78 is 9.89. The minimum Gasteiger partial charge on any atom is -0.459 e. The topological polar surface area (TPSA) is 84.9 Å². The molecular formula is C19H31NO5S. The van der Waals surface area contributed by atoms with Crippen molar-refractivity contribution in [3.8, 4) is 5.75 Å². The van der Waals surface area contributed by atoms with Crippen LogP contribution in [0.5, 0.6) is 5.75 Å². The second-order valence-corrected chi connectivity index (χ2v) is 7.41. The van der Waals surface area contributed by atoms with E-state index in [1.54, 1.807) is 36.0 Å². The number of carbonyl (C=O) groups is 2. The number of ether oxygens (including phenoxy) is 2. The lowest BCUT2D eigenvalue weighted by Gasteiger charge is -2.26. The van der Waals surface area contributed by atoms with E-state index in [2.05, 4.69) is 10.1 Å². The van der Waals surface area contributed by atoms with Gasteiger partial charge >= 0.3 is 5.97 Å². The molecule has 7 heteroatoms. The molecule has 26 heavy (non-hydrogen) atoms. The molecule has 0 saturated carbocycles. The molecule has 0 aromatic heterocycles. The van der Waals surface area contributed by atoms with E-state index in [0.29, 0.717) is 18.6 Å². The zero-order chi connectivity index (χ0) is 19.8. The Bertz CT molecular complexity index is 496. The molecule has 6 nitrogen and oxygen atoms in total. The Balaban J connectivity index is 0.000000577. The number of rotatable bonds is 11. The van der Waals surface area contributed by atoms with Gasteiger partial charge < -0.3 is 19.9 Å². The van der Waals surface area contributed by atoms with E-state index in [1.165, 1.54) is 0 Å². The van der Waals surface area contributed by atoms with Crippen molar-refractivity contribution in [2.24, 2.45) is 5.92 Å². The normalized spacial score (nSPS) is 11.7. The van der Waals surface area contributed by atoms with Crippen molar-refractivity contribution in [1.29, 1.82) is 0 Å². The highest BCUT2D eigenvalue weighted by molar-refractivity contribution is 7.99. The summed E-state index contributed by atoms with van der Waals surface area (Å²) in [7, 11) is 1.91. The minimum absolute atomic E-state index is 0.0333. The van der Waals surface area contributed by atoms with Gasteiger partial charge in [0.15, 0.2) is 0 Å². The maximum Gasteiger partial charge on any atom is 0.310 e. The zero-order valence-corrected chi connectivity index (χ0v) is 16.9. The number of nitrogens with one attached hydrogen (secondary N) is 1. The van der Waals surface area contributed by atoms with Crippen molar-refractivity contribution in [2.75, 3.05) is 31.7 Å². The summed E-state index contributed by atoms with van der Waals surface area (Å²) >= 11 is 1.74. The maximum atomic E-state index is 11.8. The molecule has 2 N–H and O–H groups in total. The van der Waals surface area contributed by atoms with Crippen LogP contribution in [0.1, 0.15) is 27.2 Å². The summed E-state index contributed by atoms with van der Waals surface area (Å²) in [6, 6.07) is 8.90. The van der Waals surface area contributed by atoms with Gasteiger partial charge in [-0.2, -0.15) is 11.8 Å². The molecule has 0 amide bonds. The number of hydrogen-bond acceptors (Lipinski definition) is 7. The lowest BCUT2D eigenvalue weighted by molar-refractivity contribution is -0.161. The number of hydrogen-bond donors (Lipinski definition) is 2. The van der Waals surface area contributed by atoms with E-state index < -0.39 is 5.60 Å². The van der Waals surface area contributed by atoms with E-state index in [-0.39, 0.29) is 18.5 Å². The molecule has 0 bridgehead atoms. The van der Waals surface area contributed by atoms with Crippen molar-refractivity contribution in [2.45, 2.75) is 32.8 Å². The van der Waals surface area contributed by atoms with E-state index in [4.69, 9.17) is 9.84 Å². The van der Waals surface area contributed by atoms with Crippen LogP contribution < -0.4 is 10.1 Å². The first-order chi connectivity index (χ1) is 12.4. The first kappa shape index (κ1) is 24.4. The quantitative estimate of drug-likeness (QED) is 0.344. The van der Waals surface area contributed by atoms with E-state index in [0.717, 1.165) is 18.1 Å².